The van der Waals surface area contributed by atoms with E-state index in [4.69, 9.17) is 0 Å². The number of halogens is 1. The maximum atomic E-state index is 13.0. The quantitative estimate of drug-likeness (QED) is 0.901. The van der Waals surface area contributed by atoms with Crippen LogP contribution in [-0.4, -0.2) is 36.1 Å². The van der Waals surface area contributed by atoms with Crippen molar-refractivity contribution in [1.29, 1.82) is 0 Å². The molecule has 1 aromatic rings. The molecule has 4 heteroatoms. The SMILES string of the molecule is CC(c1ccc(F)cn1)N1CCCC2(CCCNC2)C1. The van der Waals surface area contributed by atoms with E-state index in [1.54, 1.807) is 0 Å². The first kappa shape index (κ1) is 14.0. The van der Waals surface area contributed by atoms with E-state index < -0.39 is 0 Å². The van der Waals surface area contributed by atoms with E-state index in [9.17, 15) is 4.39 Å². The molecule has 0 amide bonds. The highest BCUT2D eigenvalue weighted by molar-refractivity contribution is 5.10. The number of pyridine rings is 1. The normalized spacial score (nSPS) is 29.5. The molecule has 1 N–H and O–H groups in total. The van der Waals surface area contributed by atoms with Crippen molar-refractivity contribution in [2.75, 3.05) is 26.2 Å². The fourth-order valence-corrected chi connectivity index (χ4v) is 3.78. The zero-order valence-electron chi connectivity index (χ0n) is 12.2. The molecule has 3 nitrogen and oxygen atoms in total. The number of likely N-dealkylation sites (tertiary alicyclic amines) is 1. The second kappa shape index (κ2) is 5.78. The van der Waals surface area contributed by atoms with Crippen LogP contribution in [-0.2, 0) is 0 Å². The van der Waals surface area contributed by atoms with Gasteiger partial charge in [0.15, 0.2) is 0 Å². The molecule has 2 aliphatic heterocycles. The predicted octanol–water partition coefficient (Wildman–Crippen LogP) is 2.75. The maximum Gasteiger partial charge on any atom is 0.141 e. The first-order valence-corrected chi connectivity index (χ1v) is 7.75. The summed E-state index contributed by atoms with van der Waals surface area (Å²) in [5.41, 5.74) is 1.43. The van der Waals surface area contributed by atoms with Crippen LogP contribution in [0.15, 0.2) is 18.3 Å². The van der Waals surface area contributed by atoms with Crippen LogP contribution in [0.3, 0.4) is 0 Å². The number of hydrogen-bond acceptors (Lipinski definition) is 3. The van der Waals surface area contributed by atoms with Crippen molar-refractivity contribution < 1.29 is 4.39 Å². The Kier molecular flexibility index (Phi) is 4.03. The molecule has 2 fully saturated rings. The fourth-order valence-electron chi connectivity index (χ4n) is 3.78. The second-order valence-electron chi connectivity index (χ2n) is 6.43. The van der Waals surface area contributed by atoms with Crippen LogP contribution in [0.4, 0.5) is 4.39 Å². The van der Waals surface area contributed by atoms with E-state index in [1.807, 2.05) is 6.07 Å². The molecule has 0 aromatic carbocycles. The molecule has 3 rings (SSSR count). The lowest BCUT2D eigenvalue weighted by Crippen LogP contribution is -2.51. The highest BCUT2D eigenvalue weighted by atomic mass is 19.1. The first-order chi connectivity index (χ1) is 9.69. The van der Waals surface area contributed by atoms with Crippen molar-refractivity contribution >= 4 is 0 Å². The number of nitrogens with zero attached hydrogens (tertiary/aromatic N) is 2. The van der Waals surface area contributed by atoms with Gasteiger partial charge in [0.25, 0.3) is 0 Å². The van der Waals surface area contributed by atoms with Crippen LogP contribution in [0.5, 0.6) is 0 Å². The van der Waals surface area contributed by atoms with Gasteiger partial charge in [-0.2, -0.15) is 0 Å². The van der Waals surface area contributed by atoms with Gasteiger partial charge in [0, 0.05) is 19.1 Å². The second-order valence-corrected chi connectivity index (χ2v) is 6.43. The van der Waals surface area contributed by atoms with Crippen LogP contribution < -0.4 is 5.32 Å². The van der Waals surface area contributed by atoms with Crippen LogP contribution in [0, 0.1) is 11.2 Å². The minimum Gasteiger partial charge on any atom is -0.316 e. The van der Waals surface area contributed by atoms with E-state index in [0.29, 0.717) is 5.41 Å². The lowest BCUT2D eigenvalue weighted by molar-refractivity contribution is 0.0405. The topological polar surface area (TPSA) is 28.2 Å². The van der Waals surface area contributed by atoms with Crippen molar-refractivity contribution in [2.24, 2.45) is 5.41 Å². The molecular formula is C16H24FN3. The molecule has 1 spiro atoms. The summed E-state index contributed by atoms with van der Waals surface area (Å²) < 4.78 is 13.0. The van der Waals surface area contributed by atoms with Gasteiger partial charge < -0.3 is 5.32 Å². The third kappa shape index (κ3) is 2.86. The molecule has 1 aromatic heterocycles. The zero-order chi connectivity index (χ0) is 14.0. The summed E-state index contributed by atoms with van der Waals surface area (Å²) in [6.45, 7) is 6.77. The third-order valence-electron chi connectivity index (χ3n) is 4.98. The van der Waals surface area contributed by atoms with Crippen molar-refractivity contribution in [1.82, 2.24) is 15.2 Å². The first-order valence-electron chi connectivity index (χ1n) is 7.75. The predicted molar refractivity (Wildman–Crippen MR) is 78.0 cm³/mol. The summed E-state index contributed by atoms with van der Waals surface area (Å²) in [6.07, 6.45) is 6.54. The van der Waals surface area contributed by atoms with Gasteiger partial charge in [-0.1, -0.05) is 0 Å². The summed E-state index contributed by atoms with van der Waals surface area (Å²) in [5, 5.41) is 3.56. The van der Waals surface area contributed by atoms with Gasteiger partial charge >= 0.3 is 0 Å². The number of aromatic nitrogens is 1. The fraction of sp³-hybridized carbons (Fsp3) is 0.688. The molecule has 20 heavy (non-hydrogen) atoms. The van der Waals surface area contributed by atoms with Gasteiger partial charge in [-0.25, -0.2) is 4.39 Å². The Labute approximate surface area is 120 Å². The Hall–Kier alpha value is -1.00. The Morgan fingerprint density at radius 2 is 2.20 bits per heavy atom. The highest BCUT2D eigenvalue weighted by Crippen LogP contribution is 2.38. The van der Waals surface area contributed by atoms with Gasteiger partial charge in [-0.15, -0.1) is 0 Å². The van der Waals surface area contributed by atoms with Gasteiger partial charge in [-0.05, 0) is 63.2 Å². The molecule has 110 valence electrons. The van der Waals surface area contributed by atoms with E-state index >= 15 is 0 Å². The van der Waals surface area contributed by atoms with E-state index in [2.05, 4.69) is 22.1 Å². The molecule has 0 aliphatic carbocycles. The van der Waals surface area contributed by atoms with Crippen molar-refractivity contribution in [2.45, 2.75) is 38.6 Å². The molecule has 2 saturated heterocycles. The summed E-state index contributed by atoms with van der Waals surface area (Å²) in [4.78, 5) is 6.78. The van der Waals surface area contributed by atoms with Gasteiger partial charge in [0.05, 0.1) is 11.9 Å². The van der Waals surface area contributed by atoms with Crippen LogP contribution in [0.25, 0.3) is 0 Å². The molecule has 3 heterocycles. The third-order valence-corrected chi connectivity index (χ3v) is 4.98. The van der Waals surface area contributed by atoms with E-state index in [0.717, 1.165) is 31.9 Å². The van der Waals surface area contributed by atoms with E-state index in [1.165, 1.54) is 37.9 Å². The lowest BCUT2D eigenvalue weighted by Gasteiger charge is -2.47. The smallest absolute Gasteiger partial charge is 0.141 e. The van der Waals surface area contributed by atoms with Gasteiger partial charge in [-0.3, -0.25) is 9.88 Å². The molecule has 0 bridgehead atoms. The number of hydrogen-bond donors (Lipinski definition) is 1. The molecule has 0 saturated carbocycles. The Balaban J connectivity index is 1.71. The van der Waals surface area contributed by atoms with Gasteiger partial charge in [0.2, 0.25) is 0 Å². The summed E-state index contributed by atoms with van der Waals surface area (Å²) in [7, 11) is 0. The largest absolute Gasteiger partial charge is 0.316 e. The Morgan fingerprint density at radius 3 is 2.90 bits per heavy atom. The van der Waals surface area contributed by atoms with Crippen molar-refractivity contribution in [3.8, 4) is 0 Å². The number of piperidine rings is 2. The van der Waals surface area contributed by atoms with Gasteiger partial charge in [0.1, 0.15) is 5.82 Å². The maximum absolute atomic E-state index is 13.0. The molecule has 2 atom stereocenters. The molecule has 0 radical (unpaired) electrons. The highest BCUT2D eigenvalue weighted by Gasteiger charge is 2.38. The summed E-state index contributed by atoms with van der Waals surface area (Å²) in [5.74, 6) is -0.257. The standard InChI is InChI=1S/C16H24FN3/c1-13(15-5-4-14(17)10-19-15)20-9-3-7-16(12-20)6-2-8-18-11-16/h4-5,10,13,18H,2-3,6-9,11-12H2,1H3. The average molecular weight is 277 g/mol. The number of rotatable bonds is 2. The lowest BCUT2D eigenvalue weighted by atomic mass is 9.74. The minimum absolute atomic E-state index is 0.257. The van der Waals surface area contributed by atoms with Crippen molar-refractivity contribution in [3.05, 3.63) is 29.8 Å². The van der Waals surface area contributed by atoms with Crippen LogP contribution in [0.1, 0.15) is 44.3 Å². The zero-order valence-corrected chi connectivity index (χ0v) is 12.2. The Bertz CT molecular complexity index is 434. The minimum atomic E-state index is -0.257. The summed E-state index contributed by atoms with van der Waals surface area (Å²) in [6, 6.07) is 3.61. The number of nitrogens with one attached hydrogen (secondary N) is 1. The van der Waals surface area contributed by atoms with Crippen molar-refractivity contribution in [3.63, 3.8) is 0 Å². The summed E-state index contributed by atoms with van der Waals surface area (Å²) >= 11 is 0. The molecule has 2 aliphatic rings. The van der Waals surface area contributed by atoms with Crippen LogP contribution >= 0.6 is 0 Å². The van der Waals surface area contributed by atoms with Crippen LogP contribution in [0.2, 0.25) is 0 Å². The van der Waals surface area contributed by atoms with E-state index in [-0.39, 0.29) is 11.9 Å². The average Bonchev–Trinajstić information content (AvgIpc) is 2.48. The molecule has 2 unspecified atom stereocenters. The monoisotopic (exact) mass is 277 g/mol. The molecular weight excluding hydrogens is 253 g/mol. The Morgan fingerprint density at radius 1 is 1.35 bits per heavy atom.